The summed E-state index contributed by atoms with van der Waals surface area (Å²) in [4.78, 5) is 32.9. The minimum atomic E-state index is -0.228. The summed E-state index contributed by atoms with van der Waals surface area (Å²) in [6.07, 6.45) is 1.46. The number of rotatable bonds is 5. The minimum Gasteiger partial charge on any atom is -0.370 e. The van der Waals surface area contributed by atoms with Crippen LogP contribution in [-0.4, -0.2) is 29.9 Å². The number of aryl methyl sites for hydroxylation is 1. The molecule has 29 heavy (non-hydrogen) atoms. The third-order valence-electron chi connectivity index (χ3n) is 5.13. The van der Waals surface area contributed by atoms with Crippen molar-refractivity contribution in [2.24, 2.45) is 11.7 Å². The Morgan fingerprint density at radius 2 is 1.93 bits per heavy atom. The van der Waals surface area contributed by atoms with Gasteiger partial charge in [0.1, 0.15) is 9.88 Å². The normalized spacial score (nSPS) is 14.7. The number of amides is 2. The Bertz CT molecular complexity index is 1020. The molecule has 3 aromatic rings. The van der Waals surface area contributed by atoms with E-state index < -0.39 is 0 Å². The maximum Gasteiger partial charge on any atom is 0.267 e. The van der Waals surface area contributed by atoms with Gasteiger partial charge in [-0.15, -0.1) is 22.7 Å². The number of thiophene rings is 1. The molecule has 1 aliphatic heterocycles. The molecule has 2 aromatic heterocycles. The van der Waals surface area contributed by atoms with Crippen molar-refractivity contribution in [2.75, 3.05) is 23.3 Å². The van der Waals surface area contributed by atoms with E-state index in [1.54, 1.807) is 11.3 Å². The molecule has 150 valence electrons. The standard InChI is InChI=1S/C21H22N4O2S2/c1-13-18(29-21(23-13)17-7-4-12-28-17)20(27)24-15-5-2-3-6-16(15)25-10-8-14(9-11-25)19(22)26/h2-7,12,14H,8-11H2,1H3,(H2,22,26)(H,24,27). The van der Waals surface area contributed by atoms with Gasteiger partial charge >= 0.3 is 0 Å². The van der Waals surface area contributed by atoms with Crippen molar-refractivity contribution in [1.29, 1.82) is 0 Å². The van der Waals surface area contributed by atoms with Crippen LogP contribution < -0.4 is 16.0 Å². The molecule has 0 atom stereocenters. The molecule has 6 nitrogen and oxygen atoms in total. The number of hydrogen-bond donors (Lipinski definition) is 2. The monoisotopic (exact) mass is 426 g/mol. The van der Waals surface area contributed by atoms with Crippen LogP contribution in [0.2, 0.25) is 0 Å². The molecule has 3 N–H and O–H groups in total. The third kappa shape index (κ3) is 4.18. The molecule has 0 radical (unpaired) electrons. The highest BCUT2D eigenvalue weighted by molar-refractivity contribution is 7.22. The number of thiazole rings is 1. The van der Waals surface area contributed by atoms with E-state index in [9.17, 15) is 9.59 Å². The van der Waals surface area contributed by atoms with Gasteiger partial charge in [-0.1, -0.05) is 18.2 Å². The highest BCUT2D eigenvalue weighted by Gasteiger charge is 2.25. The highest BCUT2D eigenvalue weighted by Crippen LogP contribution is 2.33. The number of benzene rings is 1. The summed E-state index contributed by atoms with van der Waals surface area (Å²) in [5.74, 6) is -0.445. The van der Waals surface area contributed by atoms with E-state index in [0.29, 0.717) is 4.88 Å². The molecule has 0 spiro atoms. The molecule has 0 aliphatic carbocycles. The first-order valence-electron chi connectivity index (χ1n) is 9.49. The predicted octanol–water partition coefficient (Wildman–Crippen LogP) is 4.13. The lowest BCUT2D eigenvalue weighted by molar-refractivity contribution is -0.122. The molecule has 4 rings (SSSR count). The van der Waals surface area contributed by atoms with Crippen molar-refractivity contribution >= 4 is 45.9 Å². The predicted molar refractivity (Wildman–Crippen MR) is 119 cm³/mol. The lowest BCUT2D eigenvalue weighted by Gasteiger charge is -2.33. The summed E-state index contributed by atoms with van der Waals surface area (Å²) < 4.78 is 0. The quantitative estimate of drug-likeness (QED) is 0.642. The Labute approximate surface area is 177 Å². The fourth-order valence-corrected chi connectivity index (χ4v) is 5.31. The van der Waals surface area contributed by atoms with Crippen molar-refractivity contribution in [3.05, 3.63) is 52.3 Å². The first-order chi connectivity index (χ1) is 14.0. The number of para-hydroxylation sites is 2. The summed E-state index contributed by atoms with van der Waals surface area (Å²) in [6.45, 7) is 3.34. The first kappa shape index (κ1) is 19.6. The fourth-order valence-electron chi connectivity index (χ4n) is 3.55. The van der Waals surface area contributed by atoms with Gasteiger partial charge < -0.3 is 16.0 Å². The molecule has 1 saturated heterocycles. The Kier molecular flexibility index (Phi) is 5.64. The Morgan fingerprint density at radius 1 is 1.17 bits per heavy atom. The van der Waals surface area contributed by atoms with E-state index in [1.807, 2.05) is 48.7 Å². The number of nitrogens with two attached hydrogens (primary N) is 1. The zero-order valence-electron chi connectivity index (χ0n) is 16.1. The average Bonchev–Trinajstić information content (AvgIpc) is 3.38. The number of anilines is 2. The second-order valence-electron chi connectivity index (χ2n) is 7.05. The number of nitrogens with zero attached hydrogens (tertiary/aromatic N) is 2. The molecular weight excluding hydrogens is 404 g/mol. The van der Waals surface area contributed by atoms with Crippen LogP contribution in [0.15, 0.2) is 41.8 Å². The number of carbonyl (C=O) groups excluding carboxylic acids is 2. The molecule has 1 fully saturated rings. The highest BCUT2D eigenvalue weighted by atomic mass is 32.1. The fraction of sp³-hybridized carbons (Fsp3) is 0.286. The third-order valence-corrected chi connectivity index (χ3v) is 7.32. The van der Waals surface area contributed by atoms with Crippen LogP contribution in [0.4, 0.5) is 11.4 Å². The molecule has 3 heterocycles. The molecule has 0 bridgehead atoms. The largest absolute Gasteiger partial charge is 0.370 e. The van der Waals surface area contributed by atoms with Crippen molar-refractivity contribution in [2.45, 2.75) is 19.8 Å². The van der Waals surface area contributed by atoms with E-state index in [4.69, 9.17) is 5.73 Å². The number of piperidine rings is 1. The smallest absolute Gasteiger partial charge is 0.267 e. The van der Waals surface area contributed by atoms with Crippen molar-refractivity contribution in [1.82, 2.24) is 4.98 Å². The lowest BCUT2D eigenvalue weighted by atomic mass is 9.96. The van der Waals surface area contributed by atoms with Crippen LogP contribution in [0.1, 0.15) is 28.2 Å². The van der Waals surface area contributed by atoms with Gasteiger partial charge in [-0.25, -0.2) is 4.98 Å². The number of nitrogens with one attached hydrogen (secondary N) is 1. The van der Waals surface area contributed by atoms with Gasteiger partial charge in [-0.05, 0) is 43.3 Å². The summed E-state index contributed by atoms with van der Waals surface area (Å²) in [5, 5.41) is 5.93. The van der Waals surface area contributed by atoms with Crippen molar-refractivity contribution < 1.29 is 9.59 Å². The van der Waals surface area contributed by atoms with E-state index >= 15 is 0 Å². The second-order valence-corrected chi connectivity index (χ2v) is 8.99. The molecule has 1 aromatic carbocycles. The summed E-state index contributed by atoms with van der Waals surface area (Å²) in [7, 11) is 0. The SMILES string of the molecule is Cc1nc(-c2cccs2)sc1C(=O)Nc1ccccc1N1CCC(C(N)=O)CC1. The first-order valence-corrected chi connectivity index (χ1v) is 11.2. The van der Waals surface area contributed by atoms with Crippen LogP contribution >= 0.6 is 22.7 Å². The van der Waals surface area contributed by atoms with E-state index in [0.717, 1.165) is 52.9 Å². The number of primary amides is 1. The van der Waals surface area contributed by atoms with E-state index in [1.165, 1.54) is 11.3 Å². The second kappa shape index (κ2) is 8.34. The molecule has 1 aliphatic rings. The zero-order valence-corrected chi connectivity index (χ0v) is 17.7. The van der Waals surface area contributed by atoms with E-state index in [-0.39, 0.29) is 17.7 Å². The van der Waals surface area contributed by atoms with Gasteiger partial charge in [-0.3, -0.25) is 9.59 Å². The molecular formula is C21H22N4O2S2. The Morgan fingerprint density at radius 3 is 2.62 bits per heavy atom. The van der Waals surface area contributed by atoms with Gasteiger partial charge in [0.2, 0.25) is 5.91 Å². The van der Waals surface area contributed by atoms with Crippen LogP contribution in [-0.2, 0) is 4.79 Å². The van der Waals surface area contributed by atoms with Crippen molar-refractivity contribution in [3.63, 3.8) is 0 Å². The topological polar surface area (TPSA) is 88.3 Å². The maximum absolute atomic E-state index is 13.0. The van der Waals surface area contributed by atoms with Gasteiger partial charge in [-0.2, -0.15) is 0 Å². The van der Waals surface area contributed by atoms with Crippen molar-refractivity contribution in [3.8, 4) is 9.88 Å². The van der Waals surface area contributed by atoms with Crippen LogP contribution in [0.25, 0.3) is 9.88 Å². The number of aromatic nitrogens is 1. The maximum atomic E-state index is 13.0. The molecule has 2 amide bonds. The summed E-state index contributed by atoms with van der Waals surface area (Å²) in [6, 6.07) is 11.8. The van der Waals surface area contributed by atoms with Crippen LogP contribution in [0.5, 0.6) is 0 Å². The average molecular weight is 427 g/mol. The number of hydrogen-bond acceptors (Lipinski definition) is 6. The Balaban J connectivity index is 1.52. The molecule has 0 unspecified atom stereocenters. The molecule has 8 heteroatoms. The number of carbonyl (C=O) groups is 2. The molecule has 0 saturated carbocycles. The van der Waals surface area contributed by atoms with Gasteiger partial charge in [0.25, 0.3) is 5.91 Å². The Hall–Kier alpha value is -2.71. The van der Waals surface area contributed by atoms with E-state index in [2.05, 4.69) is 15.2 Å². The van der Waals surface area contributed by atoms with Crippen LogP contribution in [0, 0.1) is 12.8 Å². The van der Waals surface area contributed by atoms with Gasteiger partial charge in [0.05, 0.1) is 21.9 Å². The minimum absolute atomic E-state index is 0.0662. The zero-order chi connectivity index (χ0) is 20.4. The lowest BCUT2D eigenvalue weighted by Crippen LogP contribution is -2.38. The summed E-state index contributed by atoms with van der Waals surface area (Å²) in [5.41, 5.74) is 7.90. The van der Waals surface area contributed by atoms with Gasteiger partial charge in [0.15, 0.2) is 0 Å². The van der Waals surface area contributed by atoms with Crippen LogP contribution in [0.3, 0.4) is 0 Å². The summed E-state index contributed by atoms with van der Waals surface area (Å²) >= 11 is 3.03. The van der Waals surface area contributed by atoms with Gasteiger partial charge in [0, 0.05) is 19.0 Å².